The Morgan fingerprint density at radius 1 is 1.44 bits per heavy atom. The molecule has 0 atom stereocenters. The maximum Gasteiger partial charge on any atom is 0.241 e. The number of rotatable bonds is 4. The van der Waals surface area contributed by atoms with Gasteiger partial charge in [-0.05, 0) is 31.0 Å². The van der Waals surface area contributed by atoms with Crippen LogP contribution >= 0.6 is 15.9 Å². The van der Waals surface area contributed by atoms with Crippen LogP contribution in [0.15, 0.2) is 33.6 Å². The summed E-state index contributed by atoms with van der Waals surface area (Å²) in [4.78, 5) is 0.210. The summed E-state index contributed by atoms with van der Waals surface area (Å²) < 4.78 is 27.2. The molecule has 1 fully saturated rings. The van der Waals surface area contributed by atoms with Crippen molar-refractivity contribution in [3.63, 3.8) is 0 Å². The molecule has 88 valence electrons. The van der Waals surface area contributed by atoms with Crippen LogP contribution in [0, 0.1) is 0 Å². The summed E-state index contributed by atoms with van der Waals surface area (Å²) in [6.07, 6.45) is 1.38. The molecule has 1 aliphatic carbocycles. The van der Waals surface area contributed by atoms with E-state index in [-0.39, 0.29) is 11.5 Å². The molecule has 2 rings (SSSR count). The highest BCUT2D eigenvalue weighted by atomic mass is 79.9. The molecule has 0 spiro atoms. The number of halogens is 1. The van der Waals surface area contributed by atoms with Gasteiger partial charge in [0.05, 0.1) is 17.0 Å². The predicted octanol–water partition coefficient (Wildman–Crippen LogP) is 1.25. The Labute approximate surface area is 103 Å². The summed E-state index contributed by atoms with van der Waals surface area (Å²) in [5.74, 6) is 0. The van der Waals surface area contributed by atoms with Crippen molar-refractivity contribution in [2.45, 2.75) is 23.3 Å². The lowest BCUT2D eigenvalue weighted by Gasteiger charge is -2.14. The monoisotopic (exact) mass is 305 g/mol. The molecule has 16 heavy (non-hydrogen) atoms. The predicted molar refractivity (Wildman–Crippen MR) is 63.5 cm³/mol. The molecule has 0 saturated heterocycles. The number of hydrogen-bond acceptors (Lipinski definition) is 3. The van der Waals surface area contributed by atoms with Gasteiger partial charge >= 0.3 is 0 Å². The molecule has 4 nitrogen and oxygen atoms in total. The van der Waals surface area contributed by atoms with E-state index in [4.69, 9.17) is 5.11 Å². The summed E-state index contributed by atoms with van der Waals surface area (Å²) in [5, 5.41) is 9.09. The summed E-state index contributed by atoms with van der Waals surface area (Å²) in [6, 6.07) is 6.49. The van der Waals surface area contributed by atoms with Gasteiger partial charge in [0.15, 0.2) is 0 Å². The second-order valence-electron chi connectivity index (χ2n) is 4.00. The Morgan fingerprint density at radius 2 is 2.12 bits per heavy atom. The van der Waals surface area contributed by atoms with E-state index in [1.807, 2.05) is 0 Å². The third-order valence-electron chi connectivity index (χ3n) is 2.61. The van der Waals surface area contributed by atoms with Crippen LogP contribution in [-0.2, 0) is 10.0 Å². The first-order chi connectivity index (χ1) is 7.47. The zero-order chi connectivity index (χ0) is 11.8. The highest BCUT2D eigenvalue weighted by Gasteiger charge is 2.45. The summed E-state index contributed by atoms with van der Waals surface area (Å²) >= 11 is 3.23. The molecule has 1 saturated carbocycles. The van der Waals surface area contributed by atoms with Crippen LogP contribution in [-0.4, -0.2) is 25.7 Å². The van der Waals surface area contributed by atoms with Gasteiger partial charge in [0.1, 0.15) is 0 Å². The van der Waals surface area contributed by atoms with Gasteiger partial charge < -0.3 is 5.11 Å². The number of nitrogens with one attached hydrogen (secondary N) is 1. The highest BCUT2D eigenvalue weighted by Crippen LogP contribution is 2.36. The van der Waals surface area contributed by atoms with Crippen molar-refractivity contribution in [3.05, 3.63) is 28.7 Å². The second-order valence-corrected chi connectivity index (χ2v) is 6.60. The van der Waals surface area contributed by atoms with Crippen molar-refractivity contribution in [1.82, 2.24) is 4.72 Å². The lowest BCUT2D eigenvalue weighted by molar-refractivity contribution is 0.246. The maximum absolute atomic E-state index is 12.0. The smallest absolute Gasteiger partial charge is 0.241 e. The minimum Gasteiger partial charge on any atom is -0.394 e. The van der Waals surface area contributed by atoms with Crippen molar-refractivity contribution in [3.8, 4) is 0 Å². The Kier molecular flexibility index (Phi) is 3.09. The molecule has 2 N–H and O–H groups in total. The number of aliphatic hydroxyl groups is 1. The molecule has 0 radical (unpaired) electrons. The van der Waals surface area contributed by atoms with Crippen LogP contribution in [0.4, 0.5) is 0 Å². The third-order valence-corrected chi connectivity index (χ3v) is 4.68. The van der Waals surface area contributed by atoms with Crippen molar-refractivity contribution in [1.29, 1.82) is 0 Å². The molecule has 0 aliphatic heterocycles. The molecule has 0 amide bonds. The summed E-state index contributed by atoms with van der Waals surface area (Å²) in [7, 11) is -3.53. The standard InChI is InChI=1S/C10H12BrNO3S/c11-8-2-1-3-9(6-8)16(14,15)12-10(7-13)4-5-10/h1-3,6,12-13H,4-5,7H2. The molecule has 1 aromatic rings. The molecule has 0 bridgehead atoms. The average Bonchev–Trinajstić information content (AvgIpc) is 2.98. The Hall–Kier alpha value is -0.430. The van der Waals surface area contributed by atoms with E-state index in [1.54, 1.807) is 12.1 Å². The van der Waals surface area contributed by atoms with Crippen LogP contribution in [0.2, 0.25) is 0 Å². The van der Waals surface area contributed by atoms with E-state index >= 15 is 0 Å². The minimum absolute atomic E-state index is 0.153. The zero-order valence-corrected chi connectivity index (χ0v) is 10.9. The highest BCUT2D eigenvalue weighted by molar-refractivity contribution is 9.10. The topological polar surface area (TPSA) is 66.4 Å². The van der Waals surface area contributed by atoms with Crippen molar-refractivity contribution in [2.24, 2.45) is 0 Å². The Balaban J connectivity index is 2.26. The van der Waals surface area contributed by atoms with Gasteiger partial charge in [-0.2, -0.15) is 0 Å². The molecule has 1 aromatic carbocycles. The van der Waals surface area contributed by atoms with Gasteiger partial charge in [-0.15, -0.1) is 0 Å². The van der Waals surface area contributed by atoms with E-state index in [1.165, 1.54) is 12.1 Å². The SMILES string of the molecule is O=S(=O)(NC1(CO)CC1)c1cccc(Br)c1. The third kappa shape index (κ3) is 2.45. The molecule has 0 heterocycles. The van der Waals surface area contributed by atoms with Gasteiger partial charge in [-0.3, -0.25) is 0 Å². The van der Waals surface area contributed by atoms with Crippen LogP contribution in [0.5, 0.6) is 0 Å². The number of benzene rings is 1. The van der Waals surface area contributed by atoms with Crippen molar-refractivity contribution < 1.29 is 13.5 Å². The van der Waals surface area contributed by atoms with Gasteiger partial charge in [0.2, 0.25) is 10.0 Å². The first kappa shape index (κ1) is 12.0. The van der Waals surface area contributed by atoms with E-state index in [2.05, 4.69) is 20.7 Å². The first-order valence-corrected chi connectivity index (χ1v) is 7.15. The molecule has 0 aromatic heterocycles. The lowest BCUT2D eigenvalue weighted by atomic mass is 10.3. The molecular formula is C10H12BrNO3S. The maximum atomic E-state index is 12.0. The number of aliphatic hydroxyl groups excluding tert-OH is 1. The molecular weight excluding hydrogens is 294 g/mol. The fraction of sp³-hybridized carbons (Fsp3) is 0.400. The van der Waals surface area contributed by atoms with E-state index in [0.717, 1.165) is 0 Å². The second kappa shape index (κ2) is 4.10. The molecule has 1 aliphatic rings. The first-order valence-electron chi connectivity index (χ1n) is 4.88. The van der Waals surface area contributed by atoms with Crippen LogP contribution in [0.25, 0.3) is 0 Å². The average molecular weight is 306 g/mol. The normalized spacial score (nSPS) is 18.4. The van der Waals surface area contributed by atoms with E-state index in [9.17, 15) is 8.42 Å². The molecule has 6 heteroatoms. The molecule has 0 unspecified atom stereocenters. The van der Waals surface area contributed by atoms with Gasteiger partial charge in [-0.25, -0.2) is 13.1 Å². The van der Waals surface area contributed by atoms with E-state index in [0.29, 0.717) is 17.3 Å². The number of hydrogen-bond donors (Lipinski definition) is 2. The van der Waals surface area contributed by atoms with Gasteiger partial charge in [0.25, 0.3) is 0 Å². The lowest BCUT2D eigenvalue weighted by Crippen LogP contribution is -2.39. The largest absolute Gasteiger partial charge is 0.394 e. The fourth-order valence-corrected chi connectivity index (χ4v) is 3.47. The quantitative estimate of drug-likeness (QED) is 0.880. The zero-order valence-electron chi connectivity index (χ0n) is 8.48. The minimum atomic E-state index is -3.53. The fourth-order valence-electron chi connectivity index (χ4n) is 1.42. The van der Waals surface area contributed by atoms with Crippen LogP contribution in [0.3, 0.4) is 0 Å². The Morgan fingerprint density at radius 3 is 2.62 bits per heavy atom. The van der Waals surface area contributed by atoms with Gasteiger partial charge in [-0.1, -0.05) is 22.0 Å². The van der Waals surface area contributed by atoms with E-state index < -0.39 is 15.6 Å². The van der Waals surface area contributed by atoms with Crippen LogP contribution in [0.1, 0.15) is 12.8 Å². The van der Waals surface area contributed by atoms with Crippen molar-refractivity contribution in [2.75, 3.05) is 6.61 Å². The Bertz CT molecular complexity index is 497. The summed E-state index contributed by atoms with van der Waals surface area (Å²) in [5.41, 5.74) is -0.624. The summed E-state index contributed by atoms with van der Waals surface area (Å²) in [6.45, 7) is -0.153. The van der Waals surface area contributed by atoms with Crippen LogP contribution < -0.4 is 4.72 Å². The van der Waals surface area contributed by atoms with Crippen molar-refractivity contribution >= 4 is 26.0 Å². The number of sulfonamides is 1. The van der Waals surface area contributed by atoms with Gasteiger partial charge in [0, 0.05) is 4.47 Å².